The van der Waals surface area contributed by atoms with Crippen LogP contribution in [0, 0.1) is 11.3 Å². The average Bonchev–Trinajstić information content (AvgIpc) is 2.69. The second-order valence-electron chi connectivity index (χ2n) is 5.02. The van der Waals surface area contributed by atoms with E-state index in [1.807, 2.05) is 0 Å². The molecule has 88 valence electrons. The van der Waals surface area contributed by atoms with E-state index in [4.69, 9.17) is 10.2 Å². The maximum atomic E-state index is 11.2. The van der Waals surface area contributed by atoms with E-state index < -0.39 is 5.97 Å². The summed E-state index contributed by atoms with van der Waals surface area (Å²) in [6, 6.07) is 3.23. The van der Waals surface area contributed by atoms with Crippen molar-refractivity contribution in [2.24, 2.45) is 17.1 Å². The monoisotopic (exact) mass is 223 g/mol. The Balaban J connectivity index is 2.10. The summed E-state index contributed by atoms with van der Waals surface area (Å²) >= 11 is 0. The molecule has 2 N–H and O–H groups in total. The summed E-state index contributed by atoms with van der Waals surface area (Å²) in [7, 11) is 1.33. The lowest BCUT2D eigenvalue weighted by Gasteiger charge is -2.10. The van der Waals surface area contributed by atoms with E-state index >= 15 is 0 Å². The fourth-order valence-corrected chi connectivity index (χ4v) is 2.06. The van der Waals surface area contributed by atoms with Crippen LogP contribution in [0.4, 0.5) is 0 Å². The lowest BCUT2D eigenvalue weighted by Crippen LogP contribution is -2.14. The van der Waals surface area contributed by atoms with Crippen LogP contribution in [-0.4, -0.2) is 13.1 Å². The highest BCUT2D eigenvalue weighted by Crippen LogP contribution is 2.57. The van der Waals surface area contributed by atoms with Crippen LogP contribution in [0.2, 0.25) is 0 Å². The van der Waals surface area contributed by atoms with Crippen molar-refractivity contribution < 1.29 is 13.9 Å². The molecule has 0 aromatic carbocycles. The third-order valence-corrected chi connectivity index (χ3v) is 3.37. The molecule has 16 heavy (non-hydrogen) atoms. The van der Waals surface area contributed by atoms with E-state index in [9.17, 15) is 4.79 Å². The smallest absolute Gasteiger partial charge is 0.373 e. The fraction of sp³-hybridized carbons (Fsp3) is 0.583. The van der Waals surface area contributed by atoms with Crippen molar-refractivity contribution in [1.29, 1.82) is 0 Å². The third kappa shape index (κ3) is 1.85. The minimum absolute atomic E-state index is 0.131. The van der Waals surface area contributed by atoms with Gasteiger partial charge in [0.05, 0.1) is 13.2 Å². The Morgan fingerprint density at radius 3 is 2.75 bits per heavy atom. The van der Waals surface area contributed by atoms with Crippen LogP contribution in [0.3, 0.4) is 0 Å². The molecular formula is C12H17NO3. The predicted molar refractivity (Wildman–Crippen MR) is 58.9 cm³/mol. The molecule has 1 aliphatic carbocycles. The van der Waals surface area contributed by atoms with Gasteiger partial charge in [0, 0.05) is 0 Å². The molecule has 0 bridgehead atoms. The normalized spacial score (nSPS) is 23.9. The molecule has 0 spiro atoms. The Morgan fingerprint density at radius 2 is 2.25 bits per heavy atom. The molecular weight excluding hydrogens is 206 g/mol. The molecule has 4 heteroatoms. The van der Waals surface area contributed by atoms with E-state index in [1.54, 1.807) is 12.1 Å². The van der Waals surface area contributed by atoms with Crippen molar-refractivity contribution in [3.8, 4) is 0 Å². The van der Waals surface area contributed by atoms with Gasteiger partial charge in [0.1, 0.15) is 5.76 Å². The van der Waals surface area contributed by atoms with Crippen LogP contribution in [0.1, 0.15) is 42.6 Å². The Kier molecular flexibility index (Phi) is 2.54. The molecule has 0 radical (unpaired) electrons. The van der Waals surface area contributed by atoms with Crippen LogP contribution in [-0.2, 0) is 4.74 Å². The highest BCUT2D eigenvalue weighted by atomic mass is 16.5. The van der Waals surface area contributed by atoms with Crippen molar-refractivity contribution in [1.82, 2.24) is 0 Å². The second-order valence-corrected chi connectivity index (χ2v) is 5.02. The summed E-state index contributed by atoms with van der Waals surface area (Å²) in [5, 5.41) is 0. The number of carbonyl (C=O) groups excluding carboxylic acids is 1. The summed E-state index contributed by atoms with van der Waals surface area (Å²) in [6.07, 6.45) is 1.10. The molecule has 1 aromatic heterocycles. The molecule has 0 aliphatic heterocycles. The van der Waals surface area contributed by atoms with E-state index in [2.05, 4.69) is 18.6 Å². The van der Waals surface area contributed by atoms with Gasteiger partial charge in [0.15, 0.2) is 0 Å². The molecule has 0 amide bonds. The zero-order valence-electron chi connectivity index (χ0n) is 9.82. The zero-order valence-corrected chi connectivity index (χ0v) is 9.82. The number of esters is 1. The number of ether oxygens (including phenoxy) is 1. The quantitative estimate of drug-likeness (QED) is 0.797. The molecule has 1 fully saturated rings. The number of rotatable bonds is 3. The first kappa shape index (κ1) is 11.2. The fourth-order valence-electron chi connectivity index (χ4n) is 2.06. The number of carbonyl (C=O) groups is 1. The minimum Gasteiger partial charge on any atom is -0.463 e. The SMILES string of the molecule is COC(=O)c1ccc(C(N)C2CC2(C)C)o1. The van der Waals surface area contributed by atoms with Gasteiger partial charge < -0.3 is 14.9 Å². The molecule has 1 aromatic rings. The van der Waals surface area contributed by atoms with Gasteiger partial charge in [0.2, 0.25) is 5.76 Å². The van der Waals surface area contributed by atoms with Gasteiger partial charge in [-0.05, 0) is 29.9 Å². The van der Waals surface area contributed by atoms with Crippen molar-refractivity contribution >= 4 is 5.97 Å². The van der Waals surface area contributed by atoms with Gasteiger partial charge >= 0.3 is 5.97 Å². The number of methoxy groups -OCH3 is 1. The van der Waals surface area contributed by atoms with E-state index in [0.717, 1.165) is 6.42 Å². The molecule has 2 rings (SSSR count). The zero-order chi connectivity index (χ0) is 11.9. The molecule has 1 heterocycles. The minimum atomic E-state index is -0.464. The van der Waals surface area contributed by atoms with Crippen molar-refractivity contribution in [2.75, 3.05) is 7.11 Å². The Bertz CT molecular complexity index is 408. The average molecular weight is 223 g/mol. The molecule has 1 saturated carbocycles. The van der Waals surface area contributed by atoms with Gasteiger partial charge in [-0.2, -0.15) is 0 Å². The second kappa shape index (κ2) is 3.63. The van der Waals surface area contributed by atoms with Crippen molar-refractivity contribution in [2.45, 2.75) is 26.3 Å². The molecule has 2 atom stereocenters. The number of hydrogen-bond donors (Lipinski definition) is 1. The predicted octanol–water partition coefficient (Wildman–Crippen LogP) is 2.11. The topological polar surface area (TPSA) is 65.5 Å². The number of hydrogen-bond acceptors (Lipinski definition) is 4. The third-order valence-electron chi connectivity index (χ3n) is 3.37. The highest BCUT2D eigenvalue weighted by Gasteiger charge is 2.50. The lowest BCUT2D eigenvalue weighted by molar-refractivity contribution is 0.0562. The lowest BCUT2D eigenvalue weighted by atomic mass is 10.0. The maximum Gasteiger partial charge on any atom is 0.373 e. The summed E-state index contributed by atoms with van der Waals surface area (Å²) in [4.78, 5) is 11.2. The Hall–Kier alpha value is -1.29. The molecule has 2 unspecified atom stereocenters. The maximum absolute atomic E-state index is 11.2. The highest BCUT2D eigenvalue weighted by molar-refractivity contribution is 5.86. The Labute approximate surface area is 94.8 Å². The molecule has 4 nitrogen and oxygen atoms in total. The largest absolute Gasteiger partial charge is 0.463 e. The van der Waals surface area contributed by atoms with Gasteiger partial charge in [0.25, 0.3) is 0 Å². The van der Waals surface area contributed by atoms with Crippen LogP contribution < -0.4 is 5.73 Å². The van der Waals surface area contributed by atoms with Crippen LogP contribution in [0.25, 0.3) is 0 Å². The summed E-state index contributed by atoms with van der Waals surface area (Å²) < 4.78 is 9.97. The van der Waals surface area contributed by atoms with Gasteiger partial charge in [-0.3, -0.25) is 0 Å². The van der Waals surface area contributed by atoms with Crippen LogP contribution in [0.15, 0.2) is 16.5 Å². The van der Waals surface area contributed by atoms with E-state index in [1.165, 1.54) is 7.11 Å². The van der Waals surface area contributed by atoms with Gasteiger partial charge in [-0.15, -0.1) is 0 Å². The van der Waals surface area contributed by atoms with Crippen molar-refractivity contribution in [3.05, 3.63) is 23.7 Å². The summed E-state index contributed by atoms with van der Waals surface area (Å²) in [5.74, 6) is 0.847. The molecule has 1 aliphatic rings. The first-order valence-electron chi connectivity index (χ1n) is 5.39. The van der Waals surface area contributed by atoms with E-state index in [-0.39, 0.29) is 17.2 Å². The van der Waals surface area contributed by atoms with Crippen molar-refractivity contribution in [3.63, 3.8) is 0 Å². The number of nitrogens with two attached hydrogens (primary N) is 1. The summed E-state index contributed by atoms with van der Waals surface area (Å²) in [6.45, 7) is 4.36. The number of furan rings is 1. The standard InChI is InChI=1S/C12H17NO3/c1-12(2)6-7(12)10(13)8-4-5-9(16-8)11(14)15-3/h4-5,7,10H,6,13H2,1-3H3. The van der Waals surface area contributed by atoms with E-state index in [0.29, 0.717) is 11.7 Å². The van der Waals surface area contributed by atoms with Crippen LogP contribution in [0.5, 0.6) is 0 Å². The van der Waals surface area contributed by atoms with Crippen LogP contribution >= 0.6 is 0 Å². The summed E-state index contributed by atoms with van der Waals surface area (Å²) in [5.41, 5.74) is 6.37. The Morgan fingerprint density at radius 1 is 1.62 bits per heavy atom. The molecule has 0 saturated heterocycles. The first-order chi connectivity index (χ1) is 7.45. The first-order valence-corrected chi connectivity index (χ1v) is 5.39. The van der Waals surface area contributed by atoms with Gasteiger partial charge in [-0.1, -0.05) is 13.8 Å². The van der Waals surface area contributed by atoms with Gasteiger partial charge in [-0.25, -0.2) is 4.79 Å².